The zero-order valence-electron chi connectivity index (χ0n) is 14.2. The Balaban J connectivity index is 1.80. The van der Waals surface area contributed by atoms with Gasteiger partial charge >= 0.3 is 0 Å². The molecule has 1 amide bonds. The van der Waals surface area contributed by atoms with E-state index >= 15 is 0 Å². The number of rotatable bonds is 4. The molecule has 7 heteroatoms. The molecule has 0 saturated heterocycles. The van der Waals surface area contributed by atoms with Crippen LogP contribution in [0.5, 0.6) is 0 Å². The van der Waals surface area contributed by atoms with Crippen LogP contribution in [0.15, 0.2) is 64.6 Å². The number of nitrogens with zero attached hydrogens (tertiary/aromatic N) is 2. The third kappa shape index (κ3) is 4.42. The SMILES string of the molecule is N#C/C(=C/c1ccc(-c2ccc(C#N)cc2)o1)C(=O)Nc1ccc(Cl)cc1Cl. The van der Waals surface area contributed by atoms with Crippen LogP contribution in [0.1, 0.15) is 11.3 Å². The van der Waals surface area contributed by atoms with Crippen LogP contribution in [0.2, 0.25) is 10.0 Å². The summed E-state index contributed by atoms with van der Waals surface area (Å²) in [5.41, 5.74) is 1.51. The van der Waals surface area contributed by atoms with E-state index in [0.29, 0.717) is 27.8 Å². The van der Waals surface area contributed by atoms with Crippen molar-refractivity contribution in [2.75, 3.05) is 5.32 Å². The first-order valence-electron chi connectivity index (χ1n) is 7.98. The van der Waals surface area contributed by atoms with Gasteiger partial charge in [-0.05, 0) is 54.6 Å². The first kappa shape index (κ1) is 19.3. The minimum Gasteiger partial charge on any atom is -0.457 e. The van der Waals surface area contributed by atoms with E-state index in [9.17, 15) is 10.1 Å². The van der Waals surface area contributed by atoms with Gasteiger partial charge in [-0.2, -0.15) is 10.5 Å². The number of anilines is 1. The topological polar surface area (TPSA) is 89.8 Å². The van der Waals surface area contributed by atoms with Gasteiger partial charge in [-0.3, -0.25) is 4.79 Å². The predicted octanol–water partition coefficient (Wildman–Crippen LogP) is 5.67. The van der Waals surface area contributed by atoms with Crippen molar-refractivity contribution in [2.24, 2.45) is 0 Å². The molecule has 0 spiro atoms. The lowest BCUT2D eigenvalue weighted by atomic mass is 10.1. The summed E-state index contributed by atoms with van der Waals surface area (Å²) in [6.07, 6.45) is 1.34. The van der Waals surface area contributed by atoms with Crippen molar-refractivity contribution in [3.8, 4) is 23.5 Å². The van der Waals surface area contributed by atoms with Gasteiger partial charge in [0.15, 0.2) is 0 Å². The lowest BCUT2D eigenvalue weighted by molar-refractivity contribution is -0.112. The average molecular weight is 408 g/mol. The summed E-state index contributed by atoms with van der Waals surface area (Å²) < 4.78 is 5.68. The highest BCUT2D eigenvalue weighted by molar-refractivity contribution is 6.36. The summed E-state index contributed by atoms with van der Waals surface area (Å²) in [6, 6.07) is 18.7. The molecule has 136 valence electrons. The van der Waals surface area contributed by atoms with Crippen LogP contribution in [0, 0.1) is 22.7 Å². The van der Waals surface area contributed by atoms with Gasteiger partial charge in [0.25, 0.3) is 5.91 Å². The summed E-state index contributed by atoms with van der Waals surface area (Å²) in [5, 5.41) is 21.4. The largest absolute Gasteiger partial charge is 0.457 e. The lowest BCUT2D eigenvalue weighted by Crippen LogP contribution is -2.13. The van der Waals surface area contributed by atoms with Crippen LogP contribution in [-0.4, -0.2) is 5.91 Å². The Morgan fingerprint density at radius 3 is 2.43 bits per heavy atom. The molecule has 1 aromatic heterocycles. The van der Waals surface area contributed by atoms with Crippen LogP contribution in [0.3, 0.4) is 0 Å². The molecule has 0 fully saturated rings. The molecule has 28 heavy (non-hydrogen) atoms. The number of nitrogens with one attached hydrogen (secondary N) is 1. The Kier molecular flexibility index (Phi) is 5.81. The third-order valence-electron chi connectivity index (χ3n) is 3.76. The zero-order valence-corrected chi connectivity index (χ0v) is 15.8. The minimum absolute atomic E-state index is 0.147. The van der Waals surface area contributed by atoms with Crippen molar-refractivity contribution in [3.63, 3.8) is 0 Å². The molecule has 2 aromatic carbocycles. The van der Waals surface area contributed by atoms with E-state index in [4.69, 9.17) is 32.9 Å². The van der Waals surface area contributed by atoms with Crippen molar-refractivity contribution in [1.29, 1.82) is 10.5 Å². The number of benzene rings is 2. The van der Waals surface area contributed by atoms with E-state index in [1.54, 1.807) is 48.5 Å². The summed E-state index contributed by atoms with van der Waals surface area (Å²) >= 11 is 11.9. The maximum atomic E-state index is 12.4. The highest BCUT2D eigenvalue weighted by Gasteiger charge is 2.13. The molecule has 0 radical (unpaired) electrons. The average Bonchev–Trinajstić information content (AvgIpc) is 3.17. The van der Waals surface area contributed by atoms with Crippen molar-refractivity contribution < 1.29 is 9.21 Å². The maximum Gasteiger partial charge on any atom is 0.266 e. The Hall–Kier alpha value is -3.51. The number of carbonyl (C=O) groups is 1. The molecule has 0 bridgehead atoms. The van der Waals surface area contributed by atoms with Gasteiger partial charge in [0, 0.05) is 16.7 Å². The van der Waals surface area contributed by atoms with Gasteiger partial charge in [-0.25, -0.2) is 0 Å². The highest BCUT2D eigenvalue weighted by atomic mass is 35.5. The summed E-state index contributed by atoms with van der Waals surface area (Å²) in [5.74, 6) is 0.269. The first-order valence-corrected chi connectivity index (χ1v) is 8.74. The van der Waals surface area contributed by atoms with Crippen LogP contribution in [0.25, 0.3) is 17.4 Å². The van der Waals surface area contributed by atoms with E-state index < -0.39 is 5.91 Å². The molecule has 0 aliphatic heterocycles. The van der Waals surface area contributed by atoms with Gasteiger partial charge in [0.1, 0.15) is 23.2 Å². The molecular formula is C21H11Cl2N3O2. The number of nitriles is 2. The Bertz CT molecular complexity index is 1150. The van der Waals surface area contributed by atoms with E-state index in [-0.39, 0.29) is 10.6 Å². The molecule has 0 saturated carbocycles. The molecule has 3 rings (SSSR count). The molecular weight excluding hydrogens is 397 g/mol. The number of hydrogen-bond acceptors (Lipinski definition) is 4. The fourth-order valence-corrected chi connectivity index (χ4v) is 2.82. The van der Waals surface area contributed by atoms with E-state index in [1.807, 2.05) is 12.1 Å². The normalized spacial score (nSPS) is 10.8. The summed E-state index contributed by atoms with van der Waals surface area (Å²) in [4.78, 5) is 12.4. The summed E-state index contributed by atoms with van der Waals surface area (Å²) in [7, 11) is 0. The maximum absolute atomic E-state index is 12.4. The van der Waals surface area contributed by atoms with Crippen LogP contribution in [0.4, 0.5) is 5.69 Å². The molecule has 5 nitrogen and oxygen atoms in total. The van der Waals surface area contributed by atoms with Crippen molar-refractivity contribution in [1.82, 2.24) is 0 Å². The van der Waals surface area contributed by atoms with Crippen molar-refractivity contribution in [3.05, 3.63) is 81.5 Å². The first-order chi connectivity index (χ1) is 13.5. The molecule has 1 heterocycles. The number of furan rings is 1. The van der Waals surface area contributed by atoms with E-state index in [0.717, 1.165) is 5.56 Å². The standard InChI is InChI=1S/C21H11Cl2N3O2/c22-16-5-7-19(18(23)10-16)26-21(27)15(12-25)9-17-6-8-20(28-17)14-3-1-13(11-24)2-4-14/h1-10H,(H,26,27)/b15-9-. The van der Waals surface area contributed by atoms with Gasteiger partial charge < -0.3 is 9.73 Å². The van der Waals surface area contributed by atoms with Crippen LogP contribution >= 0.6 is 23.2 Å². The van der Waals surface area contributed by atoms with Gasteiger partial charge in [0.2, 0.25) is 0 Å². The second-order valence-corrected chi connectivity index (χ2v) is 6.48. The summed E-state index contributed by atoms with van der Waals surface area (Å²) in [6.45, 7) is 0. The monoisotopic (exact) mass is 407 g/mol. The van der Waals surface area contributed by atoms with Crippen LogP contribution in [-0.2, 0) is 4.79 Å². The van der Waals surface area contributed by atoms with Gasteiger partial charge in [-0.15, -0.1) is 0 Å². The van der Waals surface area contributed by atoms with Gasteiger partial charge in [0.05, 0.1) is 22.3 Å². The molecule has 0 atom stereocenters. The second kappa shape index (κ2) is 8.45. The quantitative estimate of drug-likeness (QED) is 0.445. The molecule has 0 aliphatic carbocycles. The number of halogens is 2. The number of amides is 1. The Morgan fingerprint density at radius 1 is 1.04 bits per heavy atom. The highest BCUT2D eigenvalue weighted by Crippen LogP contribution is 2.27. The van der Waals surface area contributed by atoms with Crippen molar-refractivity contribution >= 4 is 40.9 Å². The third-order valence-corrected chi connectivity index (χ3v) is 4.30. The van der Waals surface area contributed by atoms with E-state index in [1.165, 1.54) is 12.1 Å². The van der Waals surface area contributed by atoms with E-state index in [2.05, 4.69) is 5.32 Å². The van der Waals surface area contributed by atoms with Crippen LogP contribution < -0.4 is 5.32 Å². The smallest absolute Gasteiger partial charge is 0.266 e. The molecule has 1 N–H and O–H groups in total. The lowest BCUT2D eigenvalue weighted by Gasteiger charge is -2.06. The second-order valence-electron chi connectivity index (χ2n) is 5.64. The molecule has 3 aromatic rings. The minimum atomic E-state index is -0.622. The fourth-order valence-electron chi connectivity index (χ4n) is 2.37. The Morgan fingerprint density at radius 2 is 1.79 bits per heavy atom. The fraction of sp³-hybridized carbons (Fsp3) is 0. The molecule has 0 aliphatic rings. The molecule has 0 unspecified atom stereocenters. The predicted molar refractivity (Wildman–Crippen MR) is 108 cm³/mol. The zero-order chi connectivity index (χ0) is 20.1. The van der Waals surface area contributed by atoms with Crippen molar-refractivity contribution in [2.45, 2.75) is 0 Å². The van der Waals surface area contributed by atoms with Gasteiger partial charge in [-0.1, -0.05) is 23.2 Å². The number of hydrogen-bond donors (Lipinski definition) is 1. The Labute approximate surface area is 171 Å². The number of carbonyl (C=O) groups excluding carboxylic acids is 1.